The van der Waals surface area contributed by atoms with E-state index in [9.17, 15) is 0 Å². The van der Waals surface area contributed by atoms with Crippen molar-refractivity contribution in [2.24, 2.45) is 0 Å². The number of hydrogen-bond donors (Lipinski definition) is 0. The molecule has 6 aromatic carbocycles. The highest BCUT2D eigenvalue weighted by molar-refractivity contribution is 6.25. The van der Waals surface area contributed by atoms with Gasteiger partial charge in [0, 0.05) is 67.9 Å². The molecule has 270 valence electrons. The predicted octanol–water partition coefficient (Wildman–Crippen LogP) is 11.0. The Morgan fingerprint density at radius 2 is 0.569 bits per heavy atom. The van der Waals surface area contributed by atoms with Crippen molar-refractivity contribution in [1.82, 2.24) is 43.2 Å². The summed E-state index contributed by atoms with van der Waals surface area (Å²) in [5.74, 6) is 2.83. The van der Waals surface area contributed by atoms with E-state index < -0.39 is 0 Å². The molecule has 0 amide bonds. The van der Waals surface area contributed by atoms with E-state index in [0.29, 0.717) is 11.9 Å². The number of benzene rings is 6. The second kappa shape index (κ2) is 11.7. The second-order valence-corrected chi connectivity index (χ2v) is 14.6. The standard InChI is InChI=1S/C49H29N9/c1-5-16-38-30(12-1)34-22-24-36-32-14-3-7-18-40(32)57(48-50-26-10-27-51-48)46(36)44(34)55(38)42-20-9-21-43(54-42)56-39-17-6-2-13-31(39)35-23-25-37-33-15-4-8-19-41(33)58(47(37)45(35)56)49-52-28-11-29-53-49/h1-29H. The molecule has 9 heteroatoms. The van der Waals surface area contributed by atoms with Crippen molar-refractivity contribution >= 4 is 87.2 Å². The average molecular weight is 744 g/mol. The first-order chi connectivity index (χ1) is 28.8. The second-order valence-electron chi connectivity index (χ2n) is 14.6. The third kappa shape index (κ3) is 4.11. The molecule has 0 unspecified atom stereocenters. The lowest BCUT2D eigenvalue weighted by Crippen LogP contribution is -2.06. The van der Waals surface area contributed by atoms with Gasteiger partial charge in [0.1, 0.15) is 11.6 Å². The van der Waals surface area contributed by atoms with Crippen molar-refractivity contribution in [1.29, 1.82) is 0 Å². The van der Waals surface area contributed by atoms with E-state index in [-0.39, 0.29) is 0 Å². The van der Waals surface area contributed by atoms with Crippen LogP contribution in [0.3, 0.4) is 0 Å². The molecule has 0 saturated carbocycles. The van der Waals surface area contributed by atoms with Crippen LogP contribution in [0.2, 0.25) is 0 Å². The minimum atomic E-state index is 0.617. The highest BCUT2D eigenvalue weighted by Gasteiger charge is 2.25. The summed E-state index contributed by atoms with van der Waals surface area (Å²) < 4.78 is 9.01. The van der Waals surface area contributed by atoms with Crippen LogP contribution in [0.4, 0.5) is 0 Å². The monoisotopic (exact) mass is 743 g/mol. The molecule has 0 aliphatic carbocycles. The molecule has 13 rings (SSSR count). The van der Waals surface area contributed by atoms with Crippen molar-refractivity contribution in [2.75, 3.05) is 0 Å². The van der Waals surface area contributed by atoms with Crippen molar-refractivity contribution in [3.05, 3.63) is 176 Å². The number of hydrogen-bond acceptors (Lipinski definition) is 5. The summed E-state index contributed by atoms with van der Waals surface area (Å²) in [6, 6.07) is 53.2. The van der Waals surface area contributed by atoms with Crippen molar-refractivity contribution in [3.63, 3.8) is 0 Å². The first kappa shape index (κ1) is 31.1. The zero-order chi connectivity index (χ0) is 37.9. The Hall–Kier alpha value is -8.17. The van der Waals surface area contributed by atoms with Gasteiger partial charge in [-0.05, 0) is 48.5 Å². The van der Waals surface area contributed by atoms with Gasteiger partial charge in [0.05, 0.1) is 44.1 Å². The molecule has 0 atom stereocenters. The molecule has 7 aromatic heterocycles. The third-order valence-corrected chi connectivity index (χ3v) is 11.6. The molecule has 0 saturated heterocycles. The van der Waals surface area contributed by atoms with Gasteiger partial charge in [-0.3, -0.25) is 18.3 Å². The number of nitrogens with zero attached hydrogens (tertiary/aromatic N) is 9. The zero-order valence-corrected chi connectivity index (χ0v) is 30.8. The topological polar surface area (TPSA) is 84.2 Å². The van der Waals surface area contributed by atoms with Crippen LogP contribution in [0.15, 0.2) is 176 Å². The van der Waals surface area contributed by atoms with Gasteiger partial charge in [0.15, 0.2) is 0 Å². The highest BCUT2D eigenvalue weighted by atomic mass is 15.2. The maximum absolute atomic E-state index is 5.63. The Labute approximate surface area is 329 Å². The van der Waals surface area contributed by atoms with Gasteiger partial charge in [-0.25, -0.2) is 24.9 Å². The lowest BCUT2D eigenvalue weighted by Gasteiger charge is -2.14. The summed E-state index contributed by atoms with van der Waals surface area (Å²) >= 11 is 0. The van der Waals surface area contributed by atoms with E-state index in [2.05, 4.69) is 158 Å². The summed E-state index contributed by atoms with van der Waals surface area (Å²) in [4.78, 5) is 24.7. The van der Waals surface area contributed by atoms with Gasteiger partial charge in [-0.2, -0.15) is 0 Å². The number of fused-ring (bicyclic) bond motifs is 14. The molecular weight excluding hydrogens is 715 g/mol. The lowest BCUT2D eigenvalue weighted by atomic mass is 10.1. The normalized spacial score (nSPS) is 12.1. The molecule has 0 aliphatic rings. The molecular formula is C49H29N9. The minimum absolute atomic E-state index is 0.617. The molecule has 7 heterocycles. The largest absolute Gasteiger partial charge is 0.292 e. The fourth-order valence-corrected chi connectivity index (χ4v) is 9.37. The molecule has 13 aromatic rings. The Kier molecular flexibility index (Phi) is 6.25. The minimum Gasteiger partial charge on any atom is -0.292 e. The Morgan fingerprint density at radius 3 is 0.931 bits per heavy atom. The zero-order valence-electron chi connectivity index (χ0n) is 30.8. The Morgan fingerprint density at radius 1 is 0.259 bits per heavy atom. The van der Waals surface area contributed by atoms with Gasteiger partial charge in [-0.1, -0.05) is 103 Å². The van der Waals surface area contributed by atoms with Gasteiger partial charge in [0.25, 0.3) is 0 Å². The fraction of sp³-hybridized carbons (Fsp3) is 0. The highest BCUT2D eigenvalue weighted by Crippen LogP contribution is 2.43. The first-order valence-corrected chi connectivity index (χ1v) is 19.3. The van der Waals surface area contributed by atoms with Crippen LogP contribution in [0.25, 0.3) is 111 Å². The number of rotatable bonds is 4. The first-order valence-electron chi connectivity index (χ1n) is 19.3. The predicted molar refractivity (Wildman–Crippen MR) is 233 cm³/mol. The SMILES string of the molecule is c1cnc(-n2c3ccccc3c3ccc4c5ccccc5n(-c5cccc(-n6c7ccccc7c7ccc8c9ccccc9n(-c9ncccn9)c8c76)n5)c4c32)nc1. The van der Waals surface area contributed by atoms with Crippen molar-refractivity contribution < 1.29 is 0 Å². The van der Waals surface area contributed by atoms with Gasteiger partial charge < -0.3 is 0 Å². The Bertz CT molecular complexity index is 3550. The van der Waals surface area contributed by atoms with E-state index in [1.807, 2.05) is 12.1 Å². The van der Waals surface area contributed by atoms with E-state index in [1.54, 1.807) is 24.8 Å². The van der Waals surface area contributed by atoms with E-state index in [1.165, 1.54) is 0 Å². The van der Waals surface area contributed by atoms with Crippen molar-refractivity contribution in [3.8, 4) is 23.5 Å². The Balaban J connectivity index is 1.17. The van der Waals surface area contributed by atoms with Gasteiger partial charge >= 0.3 is 0 Å². The molecule has 0 fully saturated rings. The molecule has 0 radical (unpaired) electrons. The quantitative estimate of drug-likeness (QED) is 0.179. The van der Waals surface area contributed by atoms with Gasteiger partial charge in [-0.15, -0.1) is 0 Å². The van der Waals surface area contributed by atoms with Crippen LogP contribution < -0.4 is 0 Å². The van der Waals surface area contributed by atoms with E-state index >= 15 is 0 Å². The molecule has 0 spiro atoms. The van der Waals surface area contributed by atoms with Crippen LogP contribution in [0, 0.1) is 0 Å². The summed E-state index contributed by atoms with van der Waals surface area (Å²) in [6.45, 7) is 0. The number of pyridine rings is 1. The summed E-state index contributed by atoms with van der Waals surface area (Å²) in [5, 5.41) is 9.05. The van der Waals surface area contributed by atoms with Crippen LogP contribution in [-0.4, -0.2) is 43.2 Å². The third-order valence-electron chi connectivity index (χ3n) is 11.6. The number of para-hydroxylation sites is 4. The van der Waals surface area contributed by atoms with Crippen LogP contribution in [0.5, 0.6) is 0 Å². The van der Waals surface area contributed by atoms with Crippen molar-refractivity contribution in [2.45, 2.75) is 0 Å². The molecule has 0 bridgehead atoms. The van der Waals surface area contributed by atoms with Crippen LogP contribution >= 0.6 is 0 Å². The molecule has 0 aliphatic heterocycles. The summed E-state index contributed by atoms with van der Waals surface area (Å²) in [5.41, 5.74) is 8.34. The maximum Gasteiger partial charge on any atom is 0.234 e. The molecule has 58 heavy (non-hydrogen) atoms. The van der Waals surface area contributed by atoms with Crippen LogP contribution in [0.1, 0.15) is 0 Å². The molecule has 0 N–H and O–H groups in total. The lowest BCUT2D eigenvalue weighted by molar-refractivity contribution is 0.979. The summed E-state index contributed by atoms with van der Waals surface area (Å²) in [6.07, 6.45) is 7.21. The average Bonchev–Trinajstić information content (AvgIpc) is 4.02. The maximum atomic E-state index is 5.63. The molecule has 9 nitrogen and oxygen atoms in total. The summed E-state index contributed by atoms with van der Waals surface area (Å²) in [7, 11) is 0. The van der Waals surface area contributed by atoms with Gasteiger partial charge in [0.2, 0.25) is 11.9 Å². The van der Waals surface area contributed by atoms with Crippen LogP contribution in [-0.2, 0) is 0 Å². The number of aromatic nitrogens is 9. The fourth-order valence-electron chi connectivity index (χ4n) is 9.37. The van der Waals surface area contributed by atoms with E-state index in [0.717, 1.165) is 98.9 Å². The van der Waals surface area contributed by atoms with E-state index in [4.69, 9.17) is 24.9 Å². The smallest absolute Gasteiger partial charge is 0.234 e.